The second-order valence-corrected chi connectivity index (χ2v) is 9.16. The summed E-state index contributed by atoms with van der Waals surface area (Å²) in [7, 11) is 0. The second-order valence-electron chi connectivity index (χ2n) is 9.16. The summed E-state index contributed by atoms with van der Waals surface area (Å²) < 4.78 is 31.3. The van der Waals surface area contributed by atoms with E-state index in [0.717, 1.165) is 0 Å². The van der Waals surface area contributed by atoms with Gasteiger partial charge in [-0.05, 0) is 72.8 Å². The molecule has 0 saturated carbocycles. The van der Waals surface area contributed by atoms with E-state index in [9.17, 15) is 28.8 Å². The number of ether oxygens (including phenoxy) is 6. The van der Waals surface area contributed by atoms with Gasteiger partial charge in [0.1, 0.15) is 34.5 Å². The predicted octanol–water partition coefficient (Wildman–Crippen LogP) is 5.12. The van der Waals surface area contributed by atoms with Crippen LogP contribution >= 0.6 is 0 Å². The van der Waals surface area contributed by atoms with Gasteiger partial charge in [0.2, 0.25) is 0 Å². The SMILES string of the molecule is CC(=O)Oc1ccc(C(=O)Oc2cc(OC(=O)c3ccc(OC(C)=O)cc3)cc(OC(=O)c3ccc(OC(C)=O)cc3)c2)cc1. The Morgan fingerprint density at radius 3 is 0.756 bits per heavy atom. The van der Waals surface area contributed by atoms with E-state index in [0.29, 0.717) is 0 Å². The fraction of sp³-hybridized carbons (Fsp3) is 0.0909. The van der Waals surface area contributed by atoms with Crippen molar-refractivity contribution in [2.75, 3.05) is 0 Å². The number of carbonyl (C=O) groups excluding carboxylic acids is 6. The molecule has 228 valence electrons. The molecule has 0 unspecified atom stereocenters. The lowest BCUT2D eigenvalue weighted by molar-refractivity contribution is -0.132. The molecule has 0 N–H and O–H groups in total. The monoisotopic (exact) mass is 612 g/mol. The quantitative estimate of drug-likeness (QED) is 0.182. The minimum atomic E-state index is -0.813. The lowest BCUT2D eigenvalue weighted by atomic mass is 10.2. The summed E-state index contributed by atoms with van der Waals surface area (Å²) in [6.45, 7) is 3.72. The predicted molar refractivity (Wildman–Crippen MR) is 155 cm³/mol. The molecule has 0 heterocycles. The Bertz CT molecular complexity index is 1530. The summed E-state index contributed by atoms with van der Waals surface area (Å²) in [5.74, 6) is -3.74. The van der Waals surface area contributed by atoms with E-state index in [1.54, 1.807) is 0 Å². The molecule has 0 radical (unpaired) electrons. The Balaban J connectivity index is 1.57. The summed E-state index contributed by atoms with van der Waals surface area (Å²) >= 11 is 0. The van der Waals surface area contributed by atoms with Crippen LogP contribution in [0.15, 0.2) is 91.0 Å². The molecular weight excluding hydrogens is 588 g/mol. The van der Waals surface area contributed by atoms with Gasteiger partial charge in [-0.2, -0.15) is 0 Å². The minimum Gasteiger partial charge on any atom is -0.427 e. The molecule has 4 aromatic carbocycles. The fourth-order valence-corrected chi connectivity index (χ4v) is 3.70. The molecule has 0 aliphatic heterocycles. The number of benzene rings is 4. The molecule has 45 heavy (non-hydrogen) atoms. The highest BCUT2D eigenvalue weighted by molar-refractivity contribution is 5.93. The van der Waals surface area contributed by atoms with Crippen molar-refractivity contribution in [2.24, 2.45) is 0 Å². The highest BCUT2D eigenvalue weighted by Crippen LogP contribution is 2.30. The highest BCUT2D eigenvalue weighted by atomic mass is 16.6. The van der Waals surface area contributed by atoms with Crippen molar-refractivity contribution in [2.45, 2.75) is 20.8 Å². The first-order valence-electron chi connectivity index (χ1n) is 13.1. The van der Waals surface area contributed by atoms with Gasteiger partial charge in [0.05, 0.1) is 16.7 Å². The zero-order valence-corrected chi connectivity index (χ0v) is 24.1. The third-order valence-corrected chi connectivity index (χ3v) is 5.54. The lowest BCUT2D eigenvalue weighted by Gasteiger charge is -2.12. The van der Waals surface area contributed by atoms with Crippen LogP contribution in [0, 0.1) is 0 Å². The third kappa shape index (κ3) is 9.35. The van der Waals surface area contributed by atoms with Gasteiger partial charge in [0.25, 0.3) is 0 Å². The number of rotatable bonds is 9. The van der Waals surface area contributed by atoms with Crippen LogP contribution in [0.5, 0.6) is 34.5 Å². The molecule has 0 bridgehead atoms. The smallest absolute Gasteiger partial charge is 0.343 e. The maximum atomic E-state index is 12.9. The molecular formula is C33H24O12. The lowest BCUT2D eigenvalue weighted by Crippen LogP contribution is -2.12. The zero-order valence-electron chi connectivity index (χ0n) is 24.1. The second kappa shape index (κ2) is 14.2. The average molecular weight is 613 g/mol. The maximum Gasteiger partial charge on any atom is 0.343 e. The van der Waals surface area contributed by atoms with E-state index in [1.807, 2.05) is 0 Å². The van der Waals surface area contributed by atoms with Crippen molar-refractivity contribution in [1.82, 2.24) is 0 Å². The standard InChI is InChI=1S/C33H24O12/c1-19(34)40-25-10-4-22(5-11-25)31(37)43-28-16-29(44-32(38)23-6-12-26(13-7-23)41-20(2)35)18-30(17-28)45-33(39)24-8-14-27(15-9-24)42-21(3)36/h4-18H,1-3H3. The van der Waals surface area contributed by atoms with Crippen LogP contribution in [0.4, 0.5) is 0 Å². The van der Waals surface area contributed by atoms with Crippen LogP contribution in [-0.2, 0) is 14.4 Å². The number of esters is 6. The Kier molecular flexibility index (Phi) is 10.0. The third-order valence-electron chi connectivity index (χ3n) is 5.54. The van der Waals surface area contributed by atoms with Crippen LogP contribution < -0.4 is 28.4 Å². The molecule has 0 aromatic heterocycles. The largest absolute Gasteiger partial charge is 0.427 e. The van der Waals surface area contributed by atoms with Crippen molar-refractivity contribution < 1.29 is 57.2 Å². The summed E-state index contributed by atoms with van der Waals surface area (Å²) in [6.07, 6.45) is 0. The summed E-state index contributed by atoms with van der Waals surface area (Å²) in [5.41, 5.74) is 0.313. The van der Waals surface area contributed by atoms with Crippen molar-refractivity contribution in [3.63, 3.8) is 0 Å². The molecule has 0 aliphatic carbocycles. The normalized spacial score (nSPS) is 10.2. The molecule has 0 atom stereocenters. The van der Waals surface area contributed by atoms with Crippen molar-refractivity contribution in [1.29, 1.82) is 0 Å². The fourth-order valence-electron chi connectivity index (χ4n) is 3.70. The van der Waals surface area contributed by atoms with Crippen LogP contribution in [-0.4, -0.2) is 35.8 Å². The van der Waals surface area contributed by atoms with Gasteiger partial charge in [-0.25, -0.2) is 14.4 Å². The van der Waals surface area contributed by atoms with E-state index in [2.05, 4.69) is 0 Å². The van der Waals surface area contributed by atoms with Gasteiger partial charge in [0.15, 0.2) is 0 Å². The van der Waals surface area contributed by atoms with E-state index >= 15 is 0 Å². The van der Waals surface area contributed by atoms with E-state index < -0.39 is 35.8 Å². The molecule has 0 spiro atoms. The Hall–Kier alpha value is -6.30. The van der Waals surface area contributed by atoms with Gasteiger partial charge in [0, 0.05) is 39.0 Å². The number of carbonyl (C=O) groups is 6. The van der Waals surface area contributed by atoms with E-state index in [-0.39, 0.29) is 51.2 Å². The van der Waals surface area contributed by atoms with Crippen LogP contribution in [0.25, 0.3) is 0 Å². The first kappa shape index (κ1) is 31.6. The Morgan fingerprint density at radius 2 is 0.556 bits per heavy atom. The van der Waals surface area contributed by atoms with Gasteiger partial charge < -0.3 is 28.4 Å². The maximum absolute atomic E-state index is 12.9. The van der Waals surface area contributed by atoms with Gasteiger partial charge in [-0.15, -0.1) is 0 Å². The van der Waals surface area contributed by atoms with Gasteiger partial charge >= 0.3 is 35.8 Å². The molecule has 0 fully saturated rings. The van der Waals surface area contributed by atoms with E-state index in [4.69, 9.17) is 28.4 Å². The van der Waals surface area contributed by atoms with Crippen LogP contribution in [0.1, 0.15) is 51.8 Å². The van der Waals surface area contributed by atoms with Crippen molar-refractivity contribution in [3.05, 3.63) is 108 Å². The summed E-state index contributed by atoms with van der Waals surface area (Å²) in [6, 6.07) is 20.4. The molecule has 4 rings (SSSR count). The molecule has 12 nitrogen and oxygen atoms in total. The summed E-state index contributed by atoms with van der Waals surface area (Å²) in [5, 5.41) is 0. The topological polar surface area (TPSA) is 158 Å². The number of hydrogen-bond acceptors (Lipinski definition) is 12. The molecule has 12 heteroatoms. The molecule has 0 aliphatic rings. The van der Waals surface area contributed by atoms with Gasteiger partial charge in [-0.1, -0.05) is 0 Å². The van der Waals surface area contributed by atoms with E-state index in [1.165, 1.54) is 112 Å². The van der Waals surface area contributed by atoms with Crippen molar-refractivity contribution >= 4 is 35.8 Å². The Morgan fingerprint density at radius 1 is 0.333 bits per heavy atom. The van der Waals surface area contributed by atoms with Crippen LogP contribution in [0.2, 0.25) is 0 Å². The van der Waals surface area contributed by atoms with Gasteiger partial charge in [-0.3, -0.25) is 14.4 Å². The average Bonchev–Trinajstić information content (AvgIpc) is 2.97. The zero-order chi connectivity index (χ0) is 32.5. The van der Waals surface area contributed by atoms with Crippen LogP contribution in [0.3, 0.4) is 0 Å². The minimum absolute atomic E-state index is 0.104. The Labute approximate surface area is 256 Å². The molecule has 4 aromatic rings. The number of hydrogen-bond donors (Lipinski definition) is 0. The first-order chi connectivity index (χ1) is 21.4. The summed E-state index contributed by atoms with van der Waals surface area (Å²) in [4.78, 5) is 72.0. The molecule has 0 saturated heterocycles. The first-order valence-corrected chi connectivity index (χ1v) is 13.1. The molecule has 0 amide bonds. The highest BCUT2D eigenvalue weighted by Gasteiger charge is 2.17. The van der Waals surface area contributed by atoms with Crippen molar-refractivity contribution in [3.8, 4) is 34.5 Å².